The van der Waals surface area contributed by atoms with Gasteiger partial charge in [0.1, 0.15) is 10.5 Å². The number of nitrogens with zero attached hydrogens (tertiary/aromatic N) is 3. The standard InChI is InChI=1S/C27H27FN4O2S/c1-18-5-2-3-6-20(18)15-29-25(33)21-7-4-13-31(17-21)27-30-23-12-14-35-24(23)26(34)32(27)16-19-8-10-22(28)11-9-19/h2-3,5-6,8-12,14,21H,4,7,13,15-17H2,1H3,(H,29,33)/t21-/m1/s1. The zero-order valence-corrected chi connectivity index (χ0v) is 20.4. The summed E-state index contributed by atoms with van der Waals surface area (Å²) in [6.07, 6.45) is 1.62. The second kappa shape index (κ2) is 10.00. The lowest BCUT2D eigenvalue weighted by molar-refractivity contribution is -0.125. The number of anilines is 1. The highest BCUT2D eigenvalue weighted by atomic mass is 32.1. The van der Waals surface area contributed by atoms with E-state index in [0.717, 1.165) is 29.5 Å². The van der Waals surface area contributed by atoms with E-state index in [2.05, 4.69) is 5.32 Å². The number of fused-ring (bicyclic) bond motifs is 1. The number of nitrogens with one attached hydrogen (secondary N) is 1. The summed E-state index contributed by atoms with van der Waals surface area (Å²) in [5.41, 5.74) is 3.62. The summed E-state index contributed by atoms with van der Waals surface area (Å²) in [6.45, 7) is 4.03. The van der Waals surface area contributed by atoms with Crippen molar-refractivity contribution in [3.8, 4) is 0 Å². The van der Waals surface area contributed by atoms with Gasteiger partial charge < -0.3 is 10.2 Å². The maximum atomic E-state index is 13.4. The fourth-order valence-electron chi connectivity index (χ4n) is 4.60. The highest BCUT2D eigenvalue weighted by Crippen LogP contribution is 2.25. The number of thiophene rings is 1. The molecule has 1 aliphatic rings. The van der Waals surface area contributed by atoms with Crippen LogP contribution in [-0.4, -0.2) is 28.5 Å². The van der Waals surface area contributed by atoms with Gasteiger partial charge in [0, 0.05) is 19.6 Å². The molecule has 2 aromatic heterocycles. The molecule has 0 aliphatic carbocycles. The van der Waals surface area contributed by atoms with E-state index < -0.39 is 0 Å². The summed E-state index contributed by atoms with van der Waals surface area (Å²) in [5.74, 6) is 0.0643. The van der Waals surface area contributed by atoms with Crippen LogP contribution in [0.1, 0.15) is 29.5 Å². The molecule has 5 rings (SSSR count). The molecule has 0 saturated carbocycles. The lowest BCUT2D eigenvalue weighted by Gasteiger charge is -2.34. The third-order valence-corrected chi connectivity index (χ3v) is 7.48. The molecule has 0 bridgehead atoms. The van der Waals surface area contributed by atoms with Crippen LogP contribution in [0.5, 0.6) is 0 Å². The maximum Gasteiger partial charge on any atom is 0.273 e. The Labute approximate surface area is 207 Å². The minimum Gasteiger partial charge on any atom is -0.352 e. The van der Waals surface area contributed by atoms with Crippen molar-refractivity contribution in [2.45, 2.75) is 32.9 Å². The van der Waals surface area contributed by atoms with E-state index in [1.54, 1.807) is 16.7 Å². The van der Waals surface area contributed by atoms with Gasteiger partial charge in [-0.1, -0.05) is 36.4 Å². The molecule has 0 spiro atoms. The predicted molar refractivity (Wildman–Crippen MR) is 137 cm³/mol. The molecule has 1 saturated heterocycles. The number of hydrogen-bond donors (Lipinski definition) is 1. The summed E-state index contributed by atoms with van der Waals surface area (Å²) in [7, 11) is 0. The van der Waals surface area contributed by atoms with Gasteiger partial charge in [0.15, 0.2) is 0 Å². The van der Waals surface area contributed by atoms with Crippen molar-refractivity contribution in [2.75, 3.05) is 18.0 Å². The minimum atomic E-state index is -0.316. The first kappa shape index (κ1) is 23.2. The highest BCUT2D eigenvalue weighted by molar-refractivity contribution is 7.17. The normalized spacial score (nSPS) is 15.9. The number of amides is 1. The van der Waals surface area contributed by atoms with Crippen LogP contribution in [0, 0.1) is 18.7 Å². The van der Waals surface area contributed by atoms with Crippen molar-refractivity contribution in [1.82, 2.24) is 14.9 Å². The molecule has 0 unspecified atom stereocenters. The third kappa shape index (κ3) is 4.98. The predicted octanol–water partition coefficient (Wildman–Crippen LogP) is 4.49. The lowest BCUT2D eigenvalue weighted by atomic mass is 9.97. The molecule has 4 aromatic rings. The number of carbonyl (C=O) groups excluding carboxylic acids is 1. The molecule has 1 N–H and O–H groups in total. The van der Waals surface area contributed by atoms with Crippen LogP contribution in [0.2, 0.25) is 0 Å². The SMILES string of the molecule is Cc1ccccc1CNC(=O)[C@@H]1CCCN(c2nc3ccsc3c(=O)n2Cc2ccc(F)cc2)C1. The number of hydrogen-bond acceptors (Lipinski definition) is 5. The highest BCUT2D eigenvalue weighted by Gasteiger charge is 2.29. The molecule has 8 heteroatoms. The molecule has 1 amide bonds. The maximum absolute atomic E-state index is 13.4. The lowest BCUT2D eigenvalue weighted by Crippen LogP contribution is -2.45. The number of halogens is 1. The van der Waals surface area contributed by atoms with E-state index >= 15 is 0 Å². The van der Waals surface area contributed by atoms with Crippen molar-refractivity contribution in [1.29, 1.82) is 0 Å². The van der Waals surface area contributed by atoms with Gasteiger partial charge in [-0.3, -0.25) is 14.2 Å². The Bertz CT molecular complexity index is 1410. The summed E-state index contributed by atoms with van der Waals surface area (Å²) >= 11 is 1.37. The first-order chi connectivity index (χ1) is 17.0. The third-order valence-electron chi connectivity index (χ3n) is 6.59. The van der Waals surface area contributed by atoms with Crippen LogP contribution in [0.3, 0.4) is 0 Å². The molecule has 1 fully saturated rings. The Morgan fingerprint density at radius 2 is 1.97 bits per heavy atom. The van der Waals surface area contributed by atoms with Gasteiger partial charge >= 0.3 is 0 Å². The summed E-state index contributed by atoms with van der Waals surface area (Å²) < 4.78 is 15.7. The Hall–Kier alpha value is -3.52. The van der Waals surface area contributed by atoms with Gasteiger partial charge in [-0.05, 0) is 60.0 Å². The van der Waals surface area contributed by atoms with Crippen LogP contribution >= 0.6 is 11.3 Å². The van der Waals surface area contributed by atoms with E-state index in [-0.39, 0.29) is 29.7 Å². The zero-order chi connectivity index (χ0) is 24.4. The topological polar surface area (TPSA) is 67.2 Å². The summed E-state index contributed by atoms with van der Waals surface area (Å²) in [5, 5.41) is 4.95. The molecular formula is C27H27FN4O2S. The summed E-state index contributed by atoms with van der Waals surface area (Å²) in [6, 6.07) is 16.0. The Balaban J connectivity index is 1.39. The molecule has 180 valence electrons. The minimum absolute atomic E-state index is 0.0157. The van der Waals surface area contributed by atoms with Crippen LogP contribution in [0.15, 0.2) is 64.8 Å². The fourth-order valence-corrected chi connectivity index (χ4v) is 5.37. The molecule has 3 heterocycles. The van der Waals surface area contributed by atoms with Crippen LogP contribution in [-0.2, 0) is 17.9 Å². The monoisotopic (exact) mass is 490 g/mol. The molecule has 6 nitrogen and oxygen atoms in total. The quantitative estimate of drug-likeness (QED) is 0.433. The molecule has 0 radical (unpaired) electrons. The van der Waals surface area contributed by atoms with Crippen LogP contribution in [0.4, 0.5) is 10.3 Å². The average Bonchev–Trinajstić information content (AvgIpc) is 3.35. The first-order valence-electron chi connectivity index (χ1n) is 11.8. The average molecular weight is 491 g/mol. The van der Waals surface area contributed by atoms with Crippen molar-refractivity contribution >= 4 is 33.4 Å². The molecule has 1 aliphatic heterocycles. The first-order valence-corrected chi connectivity index (χ1v) is 12.7. The number of aromatic nitrogens is 2. The Morgan fingerprint density at radius 1 is 1.17 bits per heavy atom. The summed E-state index contributed by atoms with van der Waals surface area (Å²) in [4.78, 5) is 33.3. The number of aryl methyl sites for hydroxylation is 1. The Morgan fingerprint density at radius 3 is 2.77 bits per heavy atom. The Kier molecular flexibility index (Phi) is 6.63. The van der Waals surface area contributed by atoms with Gasteiger partial charge in [-0.15, -0.1) is 11.3 Å². The second-order valence-electron chi connectivity index (χ2n) is 8.99. The number of benzene rings is 2. The van der Waals surface area contributed by atoms with E-state index in [0.29, 0.717) is 35.8 Å². The largest absolute Gasteiger partial charge is 0.352 e. The molecular weight excluding hydrogens is 463 g/mol. The van der Waals surface area contributed by atoms with Gasteiger partial charge in [-0.2, -0.15) is 0 Å². The van der Waals surface area contributed by atoms with Crippen molar-refractivity contribution in [3.05, 3.63) is 92.8 Å². The van der Waals surface area contributed by atoms with E-state index in [9.17, 15) is 14.0 Å². The molecule has 35 heavy (non-hydrogen) atoms. The smallest absolute Gasteiger partial charge is 0.273 e. The van der Waals surface area contributed by atoms with E-state index in [4.69, 9.17) is 4.98 Å². The van der Waals surface area contributed by atoms with Crippen LogP contribution < -0.4 is 15.8 Å². The van der Waals surface area contributed by atoms with Crippen molar-refractivity contribution < 1.29 is 9.18 Å². The number of piperidine rings is 1. The van der Waals surface area contributed by atoms with Gasteiger partial charge in [0.05, 0.1) is 18.0 Å². The van der Waals surface area contributed by atoms with Gasteiger partial charge in [0.25, 0.3) is 5.56 Å². The molecule has 2 aromatic carbocycles. The van der Waals surface area contributed by atoms with Gasteiger partial charge in [-0.25, -0.2) is 9.37 Å². The van der Waals surface area contributed by atoms with Crippen LogP contribution in [0.25, 0.3) is 10.2 Å². The van der Waals surface area contributed by atoms with Crippen molar-refractivity contribution in [3.63, 3.8) is 0 Å². The van der Waals surface area contributed by atoms with Crippen molar-refractivity contribution in [2.24, 2.45) is 5.92 Å². The second-order valence-corrected chi connectivity index (χ2v) is 9.91. The van der Waals surface area contributed by atoms with E-state index in [1.165, 1.54) is 23.5 Å². The molecule has 1 atom stereocenters. The number of carbonyl (C=O) groups is 1. The number of rotatable bonds is 6. The van der Waals surface area contributed by atoms with E-state index in [1.807, 2.05) is 47.5 Å². The zero-order valence-electron chi connectivity index (χ0n) is 19.5. The van der Waals surface area contributed by atoms with Gasteiger partial charge in [0.2, 0.25) is 11.9 Å². The fraction of sp³-hybridized carbons (Fsp3) is 0.296.